The van der Waals surface area contributed by atoms with E-state index in [-0.39, 0.29) is 16.9 Å². The SMILES string of the molecule is CCC1(C(=O)NC(C)(CBr)c2ccccc2)CCCC1. The van der Waals surface area contributed by atoms with Crippen molar-refractivity contribution in [2.75, 3.05) is 5.33 Å². The highest BCUT2D eigenvalue weighted by atomic mass is 79.9. The highest BCUT2D eigenvalue weighted by molar-refractivity contribution is 9.09. The highest BCUT2D eigenvalue weighted by Crippen LogP contribution is 2.42. The Bertz CT molecular complexity index is 453. The molecule has 20 heavy (non-hydrogen) atoms. The number of hydrogen-bond donors (Lipinski definition) is 1. The second kappa shape index (κ2) is 6.30. The topological polar surface area (TPSA) is 29.1 Å². The first kappa shape index (κ1) is 15.6. The summed E-state index contributed by atoms with van der Waals surface area (Å²) in [6.45, 7) is 4.23. The molecule has 1 aliphatic rings. The van der Waals surface area contributed by atoms with Crippen LogP contribution >= 0.6 is 15.9 Å². The van der Waals surface area contributed by atoms with Gasteiger partial charge in [-0.15, -0.1) is 0 Å². The molecule has 1 N–H and O–H groups in total. The summed E-state index contributed by atoms with van der Waals surface area (Å²) >= 11 is 3.57. The summed E-state index contributed by atoms with van der Waals surface area (Å²) in [5.74, 6) is 0.225. The number of carbonyl (C=O) groups is 1. The third-order valence-corrected chi connectivity index (χ3v) is 5.91. The number of amides is 1. The van der Waals surface area contributed by atoms with Gasteiger partial charge < -0.3 is 5.32 Å². The van der Waals surface area contributed by atoms with E-state index < -0.39 is 0 Å². The minimum atomic E-state index is -0.344. The third kappa shape index (κ3) is 2.93. The minimum Gasteiger partial charge on any atom is -0.346 e. The number of carbonyl (C=O) groups excluding carboxylic acids is 1. The van der Waals surface area contributed by atoms with Crippen LogP contribution in [0.4, 0.5) is 0 Å². The van der Waals surface area contributed by atoms with E-state index in [0.717, 1.165) is 30.2 Å². The van der Waals surface area contributed by atoms with Gasteiger partial charge in [0.15, 0.2) is 0 Å². The molecule has 1 amide bonds. The molecule has 0 spiro atoms. The molecule has 1 unspecified atom stereocenters. The lowest BCUT2D eigenvalue weighted by Crippen LogP contribution is -2.50. The molecule has 0 heterocycles. The summed E-state index contributed by atoms with van der Waals surface area (Å²) in [6, 6.07) is 10.2. The molecule has 1 aliphatic carbocycles. The third-order valence-electron chi connectivity index (χ3n) is 4.79. The first-order valence-electron chi connectivity index (χ1n) is 7.50. The van der Waals surface area contributed by atoms with E-state index in [4.69, 9.17) is 0 Å². The van der Waals surface area contributed by atoms with Crippen LogP contribution in [0, 0.1) is 5.41 Å². The van der Waals surface area contributed by atoms with Gasteiger partial charge in [-0.3, -0.25) is 4.79 Å². The first-order valence-corrected chi connectivity index (χ1v) is 8.62. The Balaban J connectivity index is 2.20. The van der Waals surface area contributed by atoms with Crippen LogP contribution in [0.15, 0.2) is 30.3 Å². The predicted octanol–water partition coefficient (Wildman–Crippen LogP) is 4.38. The average molecular weight is 338 g/mol. The van der Waals surface area contributed by atoms with Crippen LogP contribution in [0.1, 0.15) is 51.5 Å². The lowest BCUT2D eigenvalue weighted by atomic mass is 9.81. The van der Waals surface area contributed by atoms with Gasteiger partial charge in [0, 0.05) is 10.7 Å². The lowest BCUT2D eigenvalue weighted by Gasteiger charge is -2.35. The summed E-state index contributed by atoms with van der Waals surface area (Å²) in [6.07, 6.45) is 5.35. The molecule has 0 radical (unpaired) electrons. The monoisotopic (exact) mass is 337 g/mol. The van der Waals surface area contributed by atoms with Crippen LogP contribution in [-0.4, -0.2) is 11.2 Å². The molecule has 0 saturated heterocycles. The summed E-state index contributed by atoms with van der Waals surface area (Å²) in [4.78, 5) is 12.8. The predicted molar refractivity (Wildman–Crippen MR) is 86.9 cm³/mol. The molecule has 1 aromatic carbocycles. The van der Waals surface area contributed by atoms with E-state index in [0.29, 0.717) is 0 Å². The van der Waals surface area contributed by atoms with Gasteiger partial charge in [-0.1, -0.05) is 66.0 Å². The molecule has 110 valence electrons. The molecule has 1 fully saturated rings. The first-order chi connectivity index (χ1) is 9.56. The number of halogens is 1. The molecule has 1 saturated carbocycles. The van der Waals surface area contributed by atoms with Crippen LogP contribution in [0.25, 0.3) is 0 Å². The van der Waals surface area contributed by atoms with E-state index in [9.17, 15) is 4.79 Å². The maximum absolute atomic E-state index is 12.8. The molecule has 2 rings (SSSR count). The number of alkyl halides is 1. The second-order valence-electron chi connectivity index (χ2n) is 6.13. The van der Waals surface area contributed by atoms with Gasteiger partial charge in [-0.25, -0.2) is 0 Å². The van der Waals surface area contributed by atoms with Gasteiger partial charge in [0.1, 0.15) is 0 Å². The van der Waals surface area contributed by atoms with E-state index in [1.165, 1.54) is 12.8 Å². The quantitative estimate of drug-likeness (QED) is 0.793. The molecule has 2 nitrogen and oxygen atoms in total. The molecular formula is C17H24BrNO. The van der Waals surface area contributed by atoms with Crippen molar-refractivity contribution in [1.29, 1.82) is 0 Å². The Labute approximate surface area is 130 Å². The molecule has 1 aromatic rings. The van der Waals surface area contributed by atoms with Crippen LogP contribution in [0.3, 0.4) is 0 Å². The smallest absolute Gasteiger partial charge is 0.226 e. The summed E-state index contributed by atoms with van der Waals surface area (Å²) in [7, 11) is 0. The highest BCUT2D eigenvalue weighted by Gasteiger charge is 2.42. The van der Waals surface area contributed by atoms with E-state index in [1.807, 2.05) is 18.2 Å². The largest absolute Gasteiger partial charge is 0.346 e. The van der Waals surface area contributed by atoms with Gasteiger partial charge in [-0.2, -0.15) is 0 Å². The molecular weight excluding hydrogens is 314 g/mol. The standard InChI is InChI=1S/C17H24BrNO/c1-3-17(11-7-8-12-17)15(20)19-16(2,13-18)14-9-5-4-6-10-14/h4-6,9-10H,3,7-8,11-13H2,1-2H3,(H,19,20). The van der Waals surface area contributed by atoms with Crippen molar-refractivity contribution in [3.63, 3.8) is 0 Å². The Hall–Kier alpha value is -0.830. The maximum Gasteiger partial charge on any atom is 0.226 e. The van der Waals surface area contributed by atoms with Crippen molar-refractivity contribution in [2.45, 2.75) is 51.5 Å². The molecule has 1 atom stereocenters. The van der Waals surface area contributed by atoms with Gasteiger partial charge in [0.25, 0.3) is 0 Å². The van der Waals surface area contributed by atoms with Crippen LogP contribution in [0.5, 0.6) is 0 Å². The summed E-state index contributed by atoms with van der Waals surface area (Å²) in [5.41, 5.74) is 0.663. The van der Waals surface area contributed by atoms with Crippen LogP contribution < -0.4 is 5.32 Å². The molecule has 0 bridgehead atoms. The summed E-state index contributed by atoms with van der Waals surface area (Å²) < 4.78 is 0. The van der Waals surface area contributed by atoms with Crippen molar-refractivity contribution in [1.82, 2.24) is 5.32 Å². The average Bonchev–Trinajstić information content (AvgIpc) is 2.98. The second-order valence-corrected chi connectivity index (χ2v) is 6.69. The fourth-order valence-corrected chi connectivity index (χ4v) is 3.63. The van der Waals surface area contributed by atoms with E-state index >= 15 is 0 Å². The number of hydrogen-bond acceptors (Lipinski definition) is 1. The summed E-state index contributed by atoms with van der Waals surface area (Å²) in [5, 5.41) is 4.03. The zero-order valence-electron chi connectivity index (χ0n) is 12.4. The normalized spacial score (nSPS) is 20.4. The van der Waals surface area contributed by atoms with Crippen LogP contribution in [-0.2, 0) is 10.3 Å². The van der Waals surface area contributed by atoms with Crippen molar-refractivity contribution in [2.24, 2.45) is 5.41 Å². The number of benzene rings is 1. The van der Waals surface area contributed by atoms with Crippen LogP contribution in [0.2, 0.25) is 0 Å². The Morgan fingerprint density at radius 2 is 1.90 bits per heavy atom. The fourth-order valence-electron chi connectivity index (χ4n) is 3.16. The Morgan fingerprint density at radius 3 is 2.40 bits per heavy atom. The van der Waals surface area contributed by atoms with Gasteiger partial charge in [0.05, 0.1) is 5.54 Å². The maximum atomic E-state index is 12.8. The number of rotatable bonds is 5. The Morgan fingerprint density at radius 1 is 1.30 bits per heavy atom. The minimum absolute atomic E-state index is 0.141. The lowest BCUT2D eigenvalue weighted by molar-refractivity contribution is -0.132. The molecule has 0 aliphatic heterocycles. The molecule has 3 heteroatoms. The van der Waals surface area contributed by atoms with Crippen molar-refractivity contribution < 1.29 is 4.79 Å². The van der Waals surface area contributed by atoms with E-state index in [1.54, 1.807) is 0 Å². The number of nitrogens with one attached hydrogen (secondary N) is 1. The molecule has 0 aromatic heterocycles. The Kier molecular flexibility index (Phi) is 4.90. The van der Waals surface area contributed by atoms with Gasteiger partial charge in [0.2, 0.25) is 5.91 Å². The zero-order chi connectivity index (χ0) is 14.6. The van der Waals surface area contributed by atoms with Crippen molar-refractivity contribution in [3.05, 3.63) is 35.9 Å². The zero-order valence-corrected chi connectivity index (χ0v) is 14.0. The van der Waals surface area contributed by atoms with Crippen molar-refractivity contribution >= 4 is 21.8 Å². The van der Waals surface area contributed by atoms with Crippen molar-refractivity contribution in [3.8, 4) is 0 Å². The van der Waals surface area contributed by atoms with E-state index in [2.05, 4.69) is 47.2 Å². The van der Waals surface area contributed by atoms with Gasteiger partial charge >= 0.3 is 0 Å². The fraction of sp³-hybridized carbons (Fsp3) is 0.588. The van der Waals surface area contributed by atoms with Gasteiger partial charge in [-0.05, 0) is 31.7 Å².